The summed E-state index contributed by atoms with van der Waals surface area (Å²) in [6.07, 6.45) is 2.13. The number of esters is 2. The Kier molecular flexibility index (Phi) is 17.1. The highest BCUT2D eigenvalue weighted by atomic mass is 16.7. The number of benzene rings is 1. The zero-order chi connectivity index (χ0) is 30.8. The third kappa shape index (κ3) is 15.3. The van der Waals surface area contributed by atoms with Gasteiger partial charge in [0.25, 0.3) is 0 Å². The second kappa shape index (κ2) is 19.7. The smallest absolute Gasteiger partial charge is 0.461 e. The van der Waals surface area contributed by atoms with Crippen molar-refractivity contribution in [2.24, 2.45) is 17.6 Å². The molecule has 1 aromatic carbocycles. The summed E-state index contributed by atoms with van der Waals surface area (Å²) in [5.41, 5.74) is 6.55. The van der Waals surface area contributed by atoms with E-state index >= 15 is 0 Å². The molecule has 0 aliphatic carbocycles. The van der Waals surface area contributed by atoms with Crippen molar-refractivity contribution in [1.82, 2.24) is 0 Å². The number of carbonyl (C=O) groups is 4. The maximum atomic E-state index is 12.5. The number of nitrogens with two attached hydrogens (primary N) is 1. The van der Waals surface area contributed by atoms with Gasteiger partial charge in [-0.3, -0.25) is 9.59 Å². The molecule has 0 saturated heterocycles. The standard InChI is InChI=1S/C30H47NO10/c1-7-10-11-12-27(32)39-22(6)19-36-28(33)24(31)15-23-13-14-25(40-29(34)37-17-20(4)8-2)26(16-23)41-30(35)38-18-21(5)9-3/h13-14,16,20-22,24H,7-12,15,17-19,31H2,1-6H3/t20?,21?,22-,24-/m0/s1. The first-order chi connectivity index (χ1) is 19.5. The predicted octanol–water partition coefficient (Wildman–Crippen LogP) is 5.73. The van der Waals surface area contributed by atoms with E-state index in [1.165, 1.54) is 12.1 Å². The Labute approximate surface area is 243 Å². The van der Waals surface area contributed by atoms with Gasteiger partial charge in [0.1, 0.15) is 18.8 Å². The van der Waals surface area contributed by atoms with Crippen LogP contribution in [0.2, 0.25) is 0 Å². The molecule has 0 spiro atoms. The Morgan fingerprint density at radius 1 is 0.780 bits per heavy atom. The minimum atomic E-state index is -1.06. The number of ether oxygens (including phenoxy) is 6. The number of rotatable bonds is 18. The lowest BCUT2D eigenvalue weighted by molar-refractivity contribution is -0.158. The summed E-state index contributed by atoms with van der Waals surface area (Å²) in [7, 11) is 0. The zero-order valence-electron chi connectivity index (χ0n) is 25.3. The minimum absolute atomic E-state index is 0.0288. The zero-order valence-corrected chi connectivity index (χ0v) is 25.3. The van der Waals surface area contributed by atoms with Crippen LogP contribution in [0, 0.1) is 11.8 Å². The van der Waals surface area contributed by atoms with Gasteiger partial charge in [-0.15, -0.1) is 0 Å². The van der Waals surface area contributed by atoms with Crippen molar-refractivity contribution in [3.8, 4) is 11.5 Å². The van der Waals surface area contributed by atoms with Crippen LogP contribution in [0.3, 0.4) is 0 Å². The second-order valence-corrected chi connectivity index (χ2v) is 10.3. The summed E-state index contributed by atoms with van der Waals surface area (Å²) >= 11 is 0. The normalized spacial score (nSPS) is 13.7. The van der Waals surface area contributed by atoms with Gasteiger partial charge in [-0.1, -0.05) is 66.4 Å². The summed E-state index contributed by atoms with van der Waals surface area (Å²) in [5, 5.41) is 0. The molecule has 0 radical (unpaired) electrons. The molecule has 0 aromatic heterocycles. The Morgan fingerprint density at radius 3 is 1.93 bits per heavy atom. The molecular formula is C30H47NO10. The van der Waals surface area contributed by atoms with Crippen molar-refractivity contribution < 1.29 is 47.6 Å². The summed E-state index contributed by atoms with van der Waals surface area (Å²) < 4.78 is 31.3. The molecule has 1 rings (SSSR count). The molecule has 0 bridgehead atoms. The van der Waals surface area contributed by atoms with E-state index in [0.717, 1.165) is 32.1 Å². The van der Waals surface area contributed by atoms with Gasteiger partial charge < -0.3 is 34.2 Å². The molecule has 232 valence electrons. The van der Waals surface area contributed by atoms with E-state index in [9.17, 15) is 19.2 Å². The largest absolute Gasteiger partial charge is 0.513 e. The second-order valence-electron chi connectivity index (χ2n) is 10.3. The van der Waals surface area contributed by atoms with Gasteiger partial charge in [0, 0.05) is 6.42 Å². The van der Waals surface area contributed by atoms with Gasteiger partial charge in [-0.25, -0.2) is 9.59 Å². The molecule has 0 amide bonds. The maximum absolute atomic E-state index is 12.5. The quantitative estimate of drug-likeness (QED) is 0.0979. The number of unbranched alkanes of at least 4 members (excludes halogenated alkanes) is 2. The van der Waals surface area contributed by atoms with Crippen molar-refractivity contribution in [3.63, 3.8) is 0 Å². The highest BCUT2D eigenvalue weighted by Gasteiger charge is 2.22. The molecular weight excluding hydrogens is 534 g/mol. The molecule has 11 heteroatoms. The van der Waals surface area contributed by atoms with Gasteiger partial charge in [-0.05, 0) is 49.3 Å². The fourth-order valence-electron chi connectivity index (χ4n) is 3.22. The minimum Gasteiger partial charge on any atom is -0.461 e. The number of hydrogen-bond donors (Lipinski definition) is 1. The van der Waals surface area contributed by atoms with Crippen molar-refractivity contribution in [2.45, 2.75) is 98.6 Å². The van der Waals surface area contributed by atoms with E-state index in [0.29, 0.717) is 12.0 Å². The Balaban J connectivity index is 2.83. The van der Waals surface area contributed by atoms with Crippen molar-refractivity contribution in [1.29, 1.82) is 0 Å². The Hall–Kier alpha value is -3.34. The van der Waals surface area contributed by atoms with Crippen LogP contribution in [0.25, 0.3) is 0 Å². The van der Waals surface area contributed by atoms with Gasteiger partial charge in [0.15, 0.2) is 11.5 Å². The van der Waals surface area contributed by atoms with Crippen LogP contribution in [0.5, 0.6) is 11.5 Å². The summed E-state index contributed by atoms with van der Waals surface area (Å²) in [5.74, 6) is -0.902. The molecule has 1 aromatic rings. The first-order valence-electron chi connectivity index (χ1n) is 14.4. The average Bonchev–Trinajstić information content (AvgIpc) is 2.94. The SMILES string of the molecule is CCCCCC(=O)O[C@@H](C)COC(=O)[C@@H](N)Cc1ccc(OC(=O)OCC(C)CC)c(OC(=O)OCC(C)CC)c1. The van der Waals surface area contributed by atoms with Crippen molar-refractivity contribution >= 4 is 24.2 Å². The lowest BCUT2D eigenvalue weighted by Crippen LogP contribution is -2.36. The molecule has 0 saturated carbocycles. The molecule has 0 aliphatic rings. The van der Waals surface area contributed by atoms with Crippen LogP contribution in [0.4, 0.5) is 9.59 Å². The summed E-state index contributed by atoms with van der Waals surface area (Å²) in [4.78, 5) is 48.8. The van der Waals surface area contributed by atoms with Crippen LogP contribution in [0.1, 0.15) is 85.6 Å². The highest BCUT2D eigenvalue weighted by molar-refractivity contribution is 5.76. The van der Waals surface area contributed by atoms with E-state index in [1.54, 1.807) is 13.0 Å². The monoisotopic (exact) mass is 581 g/mol. The molecule has 2 unspecified atom stereocenters. The van der Waals surface area contributed by atoms with E-state index in [1.807, 2.05) is 34.6 Å². The lowest BCUT2D eigenvalue weighted by atomic mass is 10.1. The number of carbonyl (C=O) groups excluding carboxylic acids is 4. The van der Waals surface area contributed by atoms with Crippen LogP contribution in [0.15, 0.2) is 18.2 Å². The van der Waals surface area contributed by atoms with Gasteiger partial charge in [0.05, 0.1) is 13.2 Å². The van der Waals surface area contributed by atoms with Gasteiger partial charge in [-0.2, -0.15) is 0 Å². The first kappa shape index (κ1) is 35.7. The molecule has 0 fully saturated rings. The van der Waals surface area contributed by atoms with Crippen LogP contribution < -0.4 is 15.2 Å². The Bertz CT molecular complexity index is 967. The predicted molar refractivity (Wildman–Crippen MR) is 152 cm³/mol. The van der Waals surface area contributed by atoms with Gasteiger partial charge >= 0.3 is 24.2 Å². The molecule has 2 N–H and O–H groups in total. The van der Waals surface area contributed by atoms with Crippen molar-refractivity contribution in [3.05, 3.63) is 23.8 Å². The van der Waals surface area contributed by atoms with Crippen LogP contribution in [-0.2, 0) is 35.0 Å². The maximum Gasteiger partial charge on any atom is 0.513 e. The Morgan fingerprint density at radius 2 is 1.37 bits per heavy atom. The molecule has 11 nitrogen and oxygen atoms in total. The van der Waals surface area contributed by atoms with Crippen molar-refractivity contribution in [2.75, 3.05) is 19.8 Å². The van der Waals surface area contributed by atoms with Crippen LogP contribution >= 0.6 is 0 Å². The molecule has 41 heavy (non-hydrogen) atoms. The van der Waals surface area contributed by atoms with Gasteiger partial charge in [0.2, 0.25) is 0 Å². The first-order valence-corrected chi connectivity index (χ1v) is 14.4. The van der Waals surface area contributed by atoms with Crippen LogP contribution in [-0.4, -0.2) is 56.2 Å². The average molecular weight is 582 g/mol. The molecule has 4 atom stereocenters. The topological polar surface area (TPSA) is 150 Å². The van der Waals surface area contributed by atoms with E-state index in [-0.39, 0.29) is 55.5 Å². The van der Waals surface area contributed by atoms with E-state index in [4.69, 9.17) is 34.2 Å². The highest BCUT2D eigenvalue weighted by Crippen LogP contribution is 2.30. The fraction of sp³-hybridized carbons (Fsp3) is 0.667. The number of hydrogen-bond acceptors (Lipinski definition) is 11. The summed E-state index contributed by atoms with van der Waals surface area (Å²) in [6, 6.07) is 3.35. The lowest BCUT2D eigenvalue weighted by Gasteiger charge is -2.17. The summed E-state index contributed by atoms with van der Waals surface area (Å²) in [6.45, 7) is 11.7. The third-order valence-corrected chi connectivity index (χ3v) is 6.30. The van der Waals surface area contributed by atoms with E-state index < -0.39 is 30.4 Å². The fourth-order valence-corrected chi connectivity index (χ4v) is 3.22. The van der Waals surface area contributed by atoms with E-state index in [2.05, 4.69) is 0 Å². The third-order valence-electron chi connectivity index (χ3n) is 6.30. The molecule has 0 aliphatic heterocycles. The molecule has 0 heterocycles.